The van der Waals surface area contributed by atoms with Crippen LogP contribution in [0.1, 0.15) is 24.8 Å². The summed E-state index contributed by atoms with van der Waals surface area (Å²) in [6, 6.07) is 8.72. The SMILES string of the molecule is Cc1ccc(S(=O)(=O)OC2CCC(C#N)C2)cc1. The van der Waals surface area contributed by atoms with Gasteiger partial charge in [-0.1, -0.05) is 17.7 Å². The van der Waals surface area contributed by atoms with Crippen LogP contribution in [-0.4, -0.2) is 14.5 Å². The molecule has 5 heteroatoms. The summed E-state index contributed by atoms with van der Waals surface area (Å²) in [5.41, 5.74) is 0.999. The van der Waals surface area contributed by atoms with Gasteiger partial charge < -0.3 is 0 Å². The lowest BCUT2D eigenvalue weighted by Gasteiger charge is -2.11. The molecule has 2 atom stereocenters. The van der Waals surface area contributed by atoms with E-state index in [-0.39, 0.29) is 16.9 Å². The number of nitrogens with zero attached hydrogens (tertiary/aromatic N) is 1. The van der Waals surface area contributed by atoms with Gasteiger partial charge in [-0.05, 0) is 38.3 Å². The van der Waals surface area contributed by atoms with Crippen LogP contribution in [0.2, 0.25) is 0 Å². The highest BCUT2D eigenvalue weighted by atomic mass is 32.2. The average molecular weight is 265 g/mol. The fourth-order valence-electron chi connectivity index (χ4n) is 2.08. The molecule has 1 fully saturated rings. The van der Waals surface area contributed by atoms with Crippen LogP contribution in [0.4, 0.5) is 0 Å². The lowest BCUT2D eigenvalue weighted by Crippen LogP contribution is -2.16. The van der Waals surface area contributed by atoms with Gasteiger partial charge >= 0.3 is 0 Å². The molecule has 2 rings (SSSR count). The van der Waals surface area contributed by atoms with E-state index < -0.39 is 10.1 Å². The molecule has 0 radical (unpaired) electrons. The number of nitriles is 1. The summed E-state index contributed by atoms with van der Waals surface area (Å²) < 4.78 is 29.2. The second kappa shape index (κ2) is 5.09. The molecule has 18 heavy (non-hydrogen) atoms. The van der Waals surface area contributed by atoms with Crippen LogP contribution in [0.25, 0.3) is 0 Å². The minimum atomic E-state index is -3.70. The first-order valence-corrected chi connectivity index (χ1v) is 7.31. The third-order valence-corrected chi connectivity index (χ3v) is 4.51. The molecule has 1 saturated carbocycles. The van der Waals surface area contributed by atoms with Crippen LogP contribution < -0.4 is 0 Å². The Bertz CT molecular complexity index is 557. The molecular formula is C13H15NO3S. The van der Waals surface area contributed by atoms with Crippen molar-refractivity contribution in [3.63, 3.8) is 0 Å². The van der Waals surface area contributed by atoms with E-state index in [1.165, 1.54) is 0 Å². The van der Waals surface area contributed by atoms with Crippen molar-refractivity contribution >= 4 is 10.1 Å². The Kier molecular flexibility index (Phi) is 3.69. The first-order valence-electron chi connectivity index (χ1n) is 5.91. The predicted molar refractivity (Wildman–Crippen MR) is 66.2 cm³/mol. The van der Waals surface area contributed by atoms with Crippen LogP contribution in [0.5, 0.6) is 0 Å². The van der Waals surface area contributed by atoms with E-state index in [2.05, 4.69) is 6.07 Å². The molecule has 0 aliphatic heterocycles. The first-order chi connectivity index (χ1) is 8.51. The van der Waals surface area contributed by atoms with Crippen molar-refractivity contribution in [1.29, 1.82) is 5.26 Å². The summed E-state index contributed by atoms with van der Waals surface area (Å²) in [6.07, 6.45) is 1.48. The van der Waals surface area contributed by atoms with Crippen molar-refractivity contribution < 1.29 is 12.6 Å². The van der Waals surface area contributed by atoms with Gasteiger partial charge in [-0.2, -0.15) is 13.7 Å². The second-order valence-corrected chi connectivity index (χ2v) is 6.20. The van der Waals surface area contributed by atoms with Crippen LogP contribution in [-0.2, 0) is 14.3 Å². The molecule has 1 aliphatic carbocycles. The topological polar surface area (TPSA) is 67.2 Å². The first kappa shape index (κ1) is 13.1. The van der Waals surface area contributed by atoms with Crippen LogP contribution in [0.15, 0.2) is 29.2 Å². The molecule has 0 N–H and O–H groups in total. The maximum atomic E-state index is 12.0. The van der Waals surface area contributed by atoms with E-state index in [4.69, 9.17) is 9.44 Å². The Hall–Kier alpha value is -1.38. The zero-order chi connectivity index (χ0) is 13.2. The summed E-state index contributed by atoms with van der Waals surface area (Å²) in [5.74, 6) is -0.0804. The van der Waals surface area contributed by atoms with E-state index in [0.29, 0.717) is 19.3 Å². The molecule has 96 valence electrons. The quantitative estimate of drug-likeness (QED) is 0.787. The zero-order valence-electron chi connectivity index (χ0n) is 10.2. The van der Waals surface area contributed by atoms with Crippen molar-refractivity contribution in [3.8, 4) is 6.07 Å². The summed E-state index contributed by atoms with van der Waals surface area (Å²) in [5, 5.41) is 8.77. The maximum Gasteiger partial charge on any atom is 0.297 e. The summed E-state index contributed by atoms with van der Waals surface area (Å²) >= 11 is 0. The average Bonchev–Trinajstić information content (AvgIpc) is 2.76. The van der Waals surface area contributed by atoms with E-state index in [1.807, 2.05) is 6.92 Å². The van der Waals surface area contributed by atoms with Crippen molar-refractivity contribution in [3.05, 3.63) is 29.8 Å². The highest BCUT2D eigenvalue weighted by molar-refractivity contribution is 7.86. The van der Waals surface area contributed by atoms with E-state index in [0.717, 1.165) is 5.56 Å². The highest BCUT2D eigenvalue weighted by Crippen LogP contribution is 2.29. The van der Waals surface area contributed by atoms with Gasteiger partial charge in [0.15, 0.2) is 0 Å². The molecule has 1 aliphatic rings. The minimum Gasteiger partial charge on any atom is -0.263 e. The van der Waals surface area contributed by atoms with Crippen molar-refractivity contribution in [2.24, 2.45) is 5.92 Å². The molecule has 1 aromatic carbocycles. The van der Waals surface area contributed by atoms with Gasteiger partial charge in [-0.25, -0.2) is 0 Å². The highest BCUT2D eigenvalue weighted by Gasteiger charge is 2.30. The van der Waals surface area contributed by atoms with Gasteiger partial charge in [0.2, 0.25) is 0 Å². The standard InChI is InChI=1S/C13H15NO3S/c1-10-2-6-13(7-3-10)18(15,16)17-12-5-4-11(8-12)9-14/h2-3,6-7,11-12H,4-5,8H2,1H3. The minimum absolute atomic E-state index is 0.0804. The van der Waals surface area contributed by atoms with Gasteiger partial charge in [0, 0.05) is 5.92 Å². The molecular weight excluding hydrogens is 250 g/mol. The van der Waals surface area contributed by atoms with Crippen molar-refractivity contribution in [2.45, 2.75) is 37.2 Å². The molecule has 0 saturated heterocycles. The number of rotatable bonds is 3. The molecule has 0 heterocycles. The lowest BCUT2D eigenvalue weighted by atomic mass is 10.1. The number of hydrogen-bond donors (Lipinski definition) is 0. The van der Waals surface area contributed by atoms with E-state index in [1.54, 1.807) is 24.3 Å². The Morgan fingerprint density at radius 1 is 1.28 bits per heavy atom. The van der Waals surface area contributed by atoms with Crippen molar-refractivity contribution in [2.75, 3.05) is 0 Å². The summed E-state index contributed by atoms with van der Waals surface area (Å²) in [4.78, 5) is 0.175. The molecule has 2 unspecified atom stereocenters. The zero-order valence-corrected chi connectivity index (χ0v) is 11.0. The van der Waals surface area contributed by atoms with Gasteiger partial charge in [0.1, 0.15) is 0 Å². The maximum absolute atomic E-state index is 12.0. The fraction of sp³-hybridized carbons (Fsp3) is 0.462. The summed E-state index contributed by atoms with van der Waals surface area (Å²) in [6.45, 7) is 1.89. The Balaban J connectivity index is 2.09. The summed E-state index contributed by atoms with van der Waals surface area (Å²) in [7, 11) is -3.70. The lowest BCUT2D eigenvalue weighted by molar-refractivity contribution is 0.214. The number of aryl methyl sites for hydroxylation is 1. The predicted octanol–water partition coefficient (Wildman–Crippen LogP) is 2.39. The van der Waals surface area contributed by atoms with Gasteiger partial charge in [0.05, 0.1) is 17.1 Å². The van der Waals surface area contributed by atoms with Gasteiger partial charge in [-0.15, -0.1) is 0 Å². The van der Waals surface area contributed by atoms with Crippen molar-refractivity contribution in [1.82, 2.24) is 0 Å². The van der Waals surface area contributed by atoms with E-state index >= 15 is 0 Å². The van der Waals surface area contributed by atoms with Crippen LogP contribution >= 0.6 is 0 Å². The van der Waals surface area contributed by atoms with E-state index in [9.17, 15) is 8.42 Å². The van der Waals surface area contributed by atoms with Crippen LogP contribution in [0, 0.1) is 24.2 Å². The molecule has 4 nitrogen and oxygen atoms in total. The number of hydrogen-bond acceptors (Lipinski definition) is 4. The molecule has 1 aromatic rings. The Labute approximate surface area is 107 Å². The largest absolute Gasteiger partial charge is 0.297 e. The molecule has 0 aromatic heterocycles. The third kappa shape index (κ3) is 2.89. The molecule has 0 spiro atoms. The normalized spacial score (nSPS) is 23.8. The van der Waals surface area contributed by atoms with Gasteiger partial charge in [0.25, 0.3) is 10.1 Å². The van der Waals surface area contributed by atoms with Gasteiger partial charge in [-0.3, -0.25) is 4.18 Å². The molecule has 0 bridgehead atoms. The number of benzene rings is 1. The Morgan fingerprint density at radius 2 is 1.94 bits per heavy atom. The smallest absolute Gasteiger partial charge is 0.263 e. The second-order valence-electron chi connectivity index (χ2n) is 4.62. The Morgan fingerprint density at radius 3 is 2.50 bits per heavy atom. The van der Waals surface area contributed by atoms with Crippen LogP contribution in [0.3, 0.4) is 0 Å². The third-order valence-electron chi connectivity index (χ3n) is 3.14. The molecule has 0 amide bonds. The fourth-order valence-corrected chi connectivity index (χ4v) is 3.20. The monoisotopic (exact) mass is 265 g/mol.